The van der Waals surface area contributed by atoms with Crippen LogP contribution >= 0.6 is 23.2 Å². The van der Waals surface area contributed by atoms with Crippen molar-refractivity contribution in [3.8, 4) is 11.6 Å². The van der Waals surface area contributed by atoms with Gasteiger partial charge in [-0.15, -0.1) is 0 Å². The van der Waals surface area contributed by atoms with Gasteiger partial charge in [-0.05, 0) is 28.6 Å². The molecule has 0 saturated carbocycles. The number of hydrogen-bond donors (Lipinski definition) is 1. The van der Waals surface area contributed by atoms with E-state index in [4.69, 9.17) is 27.9 Å². The third-order valence-electron chi connectivity index (χ3n) is 3.11. The molecule has 3 aromatic rings. The van der Waals surface area contributed by atoms with Crippen LogP contribution in [0, 0.1) is 0 Å². The summed E-state index contributed by atoms with van der Waals surface area (Å²) in [4.78, 5) is 4.14. The van der Waals surface area contributed by atoms with Crippen molar-refractivity contribution in [3.05, 3.63) is 52.1 Å². The molecule has 1 aromatic carbocycles. The average Bonchev–Trinajstić information content (AvgIpc) is 3.04. The molecule has 0 radical (unpaired) electrons. The highest BCUT2D eigenvalue weighted by Gasteiger charge is 2.13. The number of benzene rings is 1. The fourth-order valence-corrected chi connectivity index (χ4v) is 2.41. The lowest BCUT2D eigenvalue weighted by molar-refractivity contribution is 0.393. The molecule has 0 aliphatic carbocycles. The van der Waals surface area contributed by atoms with Gasteiger partial charge in [0.05, 0.1) is 22.8 Å². The van der Waals surface area contributed by atoms with E-state index < -0.39 is 0 Å². The maximum atomic E-state index is 6.22. The molecule has 9 heteroatoms. The van der Waals surface area contributed by atoms with Gasteiger partial charge in [-0.25, -0.2) is 4.98 Å². The molecule has 3 rings (SSSR count). The molecule has 0 unspecified atom stereocenters. The van der Waals surface area contributed by atoms with Crippen molar-refractivity contribution in [1.29, 1.82) is 0 Å². The van der Waals surface area contributed by atoms with Gasteiger partial charge in [0.15, 0.2) is 0 Å². The number of aromatic nitrogens is 5. The molecule has 23 heavy (non-hydrogen) atoms. The van der Waals surface area contributed by atoms with Crippen molar-refractivity contribution in [1.82, 2.24) is 25.2 Å². The van der Waals surface area contributed by atoms with E-state index in [0.29, 0.717) is 34.1 Å². The molecule has 2 aromatic heterocycles. The van der Waals surface area contributed by atoms with Gasteiger partial charge in [0.25, 0.3) is 0 Å². The number of nitrogens with one attached hydrogen (secondary N) is 1. The number of hydrogen-bond acceptors (Lipinski definition) is 6. The van der Waals surface area contributed by atoms with Crippen LogP contribution in [0.15, 0.2) is 36.5 Å². The number of pyridine rings is 1. The Kier molecular flexibility index (Phi) is 4.59. The highest BCUT2D eigenvalue weighted by Crippen LogP contribution is 2.29. The van der Waals surface area contributed by atoms with Gasteiger partial charge in [0.1, 0.15) is 0 Å². The molecule has 7 nitrogen and oxygen atoms in total. The van der Waals surface area contributed by atoms with Crippen LogP contribution in [0.3, 0.4) is 0 Å². The van der Waals surface area contributed by atoms with E-state index in [0.717, 1.165) is 5.56 Å². The third kappa shape index (κ3) is 3.20. The number of methoxy groups -OCH3 is 1. The minimum Gasteiger partial charge on any atom is -0.481 e. The van der Waals surface area contributed by atoms with E-state index in [9.17, 15) is 0 Å². The monoisotopic (exact) mass is 350 g/mol. The van der Waals surface area contributed by atoms with E-state index in [-0.39, 0.29) is 0 Å². The average molecular weight is 351 g/mol. The van der Waals surface area contributed by atoms with Crippen LogP contribution in [-0.4, -0.2) is 32.3 Å². The van der Waals surface area contributed by atoms with Gasteiger partial charge < -0.3 is 10.1 Å². The van der Waals surface area contributed by atoms with Gasteiger partial charge in [-0.2, -0.15) is 4.68 Å². The zero-order valence-corrected chi connectivity index (χ0v) is 13.6. The molecule has 0 saturated heterocycles. The van der Waals surface area contributed by atoms with Gasteiger partial charge in [0, 0.05) is 18.3 Å². The molecule has 0 bridgehead atoms. The summed E-state index contributed by atoms with van der Waals surface area (Å²) < 4.78 is 6.70. The summed E-state index contributed by atoms with van der Waals surface area (Å²) in [6.07, 6.45) is 1.66. The van der Waals surface area contributed by atoms with E-state index in [2.05, 4.69) is 25.8 Å². The Balaban J connectivity index is 1.86. The molecule has 0 spiro atoms. The Morgan fingerprint density at radius 3 is 2.91 bits per heavy atom. The normalized spacial score (nSPS) is 10.6. The Hall–Kier alpha value is -2.38. The smallest absolute Gasteiger partial charge is 0.248 e. The highest BCUT2D eigenvalue weighted by atomic mass is 35.5. The molecule has 0 aliphatic rings. The molecule has 0 fully saturated rings. The first-order chi connectivity index (χ1) is 11.2. The number of tetrazole rings is 1. The first-order valence-electron chi connectivity index (χ1n) is 6.65. The number of halogens is 2. The first kappa shape index (κ1) is 15.5. The molecule has 0 aliphatic heterocycles. The Morgan fingerprint density at radius 1 is 1.22 bits per heavy atom. The van der Waals surface area contributed by atoms with Gasteiger partial charge >= 0.3 is 0 Å². The summed E-state index contributed by atoms with van der Waals surface area (Å²) in [6, 6.07) is 8.99. The van der Waals surface area contributed by atoms with Gasteiger partial charge in [-0.1, -0.05) is 40.4 Å². The second-order valence-corrected chi connectivity index (χ2v) is 5.30. The summed E-state index contributed by atoms with van der Waals surface area (Å²) in [5.41, 5.74) is 1.46. The van der Waals surface area contributed by atoms with E-state index in [1.54, 1.807) is 31.5 Å². The van der Waals surface area contributed by atoms with E-state index in [1.807, 2.05) is 12.1 Å². The summed E-state index contributed by atoms with van der Waals surface area (Å²) in [5.74, 6) is 0.972. The quantitative estimate of drug-likeness (QED) is 0.762. The maximum Gasteiger partial charge on any atom is 0.248 e. The Morgan fingerprint density at radius 2 is 2.09 bits per heavy atom. The maximum absolute atomic E-state index is 6.22. The number of ether oxygens (including phenoxy) is 1. The SMILES string of the molecule is COc1ncccc1CNc1nnnn1-c1cccc(Cl)c1Cl. The second-order valence-electron chi connectivity index (χ2n) is 4.51. The largest absolute Gasteiger partial charge is 0.481 e. The Bertz CT molecular complexity index is 823. The second kappa shape index (κ2) is 6.80. The summed E-state index contributed by atoms with van der Waals surface area (Å²) >= 11 is 12.3. The molecule has 2 heterocycles. The van der Waals surface area contributed by atoms with Crippen molar-refractivity contribution >= 4 is 29.2 Å². The van der Waals surface area contributed by atoms with Crippen molar-refractivity contribution in [2.24, 2.45) is 0 Å². The topological polar surface area (TPSA) is 77.8 Å². The fraction of sp³-hybridized carbons (Fsp3) is 0.143. The van der Waals surface area contributed by atoms with Gasteiger partial charge in [-0.3, -0.25) is 0 Å². The van der Waals surface area contributed by atoms with Gasteiger partial charge in [0.2, 0.25) is 11.8 Å². The molecule has 1 N–H and O–H groups in total. The number of anilines is 1. The lowest BCUT2D eigenvalue weighted by Crippen LogP contribution is -2.09. The fourth-order valence-electron chi connectivity index (χ4n) is 2.03. The zero-order valence-electron chi connectivity index (χ0n) is 12.1. The predicted octanol–water partition coefficient (Wildman–Crippen LogP) is 2.98. The van der Waals surface area contributed by atoms with Crippen LogP contribution in [0.1, 0.15) is 5.56 Å². The molecular formula is C14H12Cl2N6O. The van der Waals surface area contributed by atoms with E-state index in [1.165, 1.54) is 4.68 Å². The lowest BCUT2D eigenvalue weighted by Gasteiger charge is -2.10. The summed E-state index contributed by atoms with van der Waals surface area (Å²) in [5, 5.41) is 15.5. The lowest BCUT2D eigenvalue weighted by atomic mass is 10.2. The Labute approximate surface area is 142 Å². The minimum absolute atomic E-state index is 0.378. The standard InChI is InChI=1S/C14H12Cl2N6O/c1-23-13-9(4-3-7-17-13)8-18-14-19-20-21-22(14)11-6-2-5-10(15)12(11)16/h2-7H,8H2,1H3,(H,18,19,21). The third-order valence-corrected chi connectivity index (χ3v) is 3.92. The highest BCUT2D eigenvalue weighted by molar-refractivity contribution is 6.43. The molecule has 118 valence electrons. The van der Waals surface area contributed by atoms with Crippen molar-refractivity contribution < 1.29 is 4.74 Å². The van der Waals surface area contributed by atoms with Crippen LogP contribution in [0.2, 0.25) is 10.0 Å². The summed E-state index contributed by atoms with van der Waals surface area (Å²) in [6.45, 7) is 0.440. The molecule has 0 amide bonds. The zero-order chi connectivity index (χ0) is 16.2. The summed E-state index contributed by atoms with van der Waals surface area (Å²) in [7, 11) is 1.57. The van der Waals surface area contributed by atoms with Crippen LogP contribution in [0.4, 0.5) is 5.95 Å². The van der Waals surface area contributed by atoms with Crippen LogP contribution < -0.4 is 10.1 Å². The van der Waals surface area contributed by atoms with E-state index >= 15 is 0 Å². The van der Waals surface area contributed by atoms with Crippen molar-refractivity contribution in [2.75, 3.05) is 12.4 Å². The predicted molar refractivity (Wildman–Crippen MR) is 87.3 cm³/mol. The molecule has 0 atom stereocenters. The number of nitrogens with zero attached hydrogens (tertiary/aromatic N) is 5. The minimum atomic E-state index is 0.378. The van der Waals surface area contributed by atoms with Crippen LogP contribution in [0.5, 0.6) is 5.88 Å². The van der Waals surface area contributed by atoms with Crippen molar-refractivity contribution in [2.45, 2.75) is 6.54 Å². The molecular weight excluding hydrogens is 339 g/mol. The van der Waals surface area contributed by atoms with Crippen LogP contribution in [-0.2, 0) is 6.54 Å². The van der Waals surface area contributed by atoms with Crippen molar-refractivity contribution in [3.63, 3.8) is 0 Å². The van der Waals surface area contributed by atoms with Crippen LogP contribution in [0.25, 0.3) is 5.69 Å². The first-order valence-corrected chi connectivity index (χ1v) is 7.41. The number of rotatable bonds is 5.